The lowest BCUT2D eigenvalue weighted by Gasteiger charge is -2.09. The first kappa shape index (κ1) is 27.6. The Morgan fingerprint density at radius 3 is 0.619 bits per heavy atom. The summed E-state index contributed by atoms with van der Waals surface area (Å²) >= 11 is 3.83. The van der Waals surface area contributed by atoms with Gasteiger partial charge in [-0.25, -0.2) is 12.9 Å². The summed E-state index contributed by atoms with van der Waals surface area (Å²) in [5.41, 5.74) is 0. The van der Waals surface area contributed by atoms with Gasteiger partial charge in [0.1, 0.15) is 0 Å². The quantitative estimate of drug-likeness (QED) is 0.398. The lowest BCUT2D eigenvalue weighted by molar-refractivity contribution is 0.530. The molecule has 0 amide bonds. The van der Waals surface area contributed by atoms with Crippen molar-refractivity contribution < 1.29 is 0 Å². The molecule has 0 aromatic rings. The van der Waals surface area contributed by atoms with E-state index in [1.54, 1.807) is 0 Å². The lowest BCUT2D eigenvalue weighted by atomic mass is 10.7. The molecule has 0 saturated heterocycles. The van der Waals surface area contributed by atoms with E-state index < -0.39 is 0 Å². The average Bonchev–Trinajstić information content (AvgIpc) is 2.54. The van der Waals surface area contributed by atoms with Crippen LogP contribution in [0, 0.1) is 0 Å². The SMILES string of the molecule is CCN(CC)SCl.CCN(CC)SCl.CCN(CC)SCl. The van der Waals surface area contributed by atoms with Crippen LogP contribution in [0.15, 0.2) is 0 Å². The summed E-state index contributed by atoms with van der Waals surface area (Å²) in [5.74, 6) is 0. The molecule has 0 aromatic carbocycles. The molecule has 0 fully saturated rings. The third-order valence-corrected chi connectivity index (χ3v) is 6.30. The molecule has 0 aliphatic carbocycles. The van der Waals surface area contributed by atoms with E-state index in [1.807, 2.05) is 0 Å². The van der Waals surface area contributed by atoms with Crippen molar-refractivity contribution in [2.24, 2.45) is 0 Å². The summed E-state index contributed by atoms with van der Waals surface area (Å²) in [6.07, 6.45) is 0. The molecule has 0 spiro atoms. The zero-order valence-corrected chi connectivity index (χ0v) is 18.7. The fourth-order valence-corrected chi connectivity index (χ4v) is 3.31. The van der Waals surface area contributed by atoms with Gasteiger partial charge >= 0.3 is 0 Å². The number of rotatable bonds is 9. The van der Waals surface area contributed by atoms with E-state index in [-0.39, 0.29) is 0 Å². The summed E-state index contributed by atoms with van der Waals surface area (Å²) < 4.78 is 6.17. The molecule has 0 saturated carbocycles. The Morgan fingerprint density at radius 1 is 0.476 bits per heavy atom. The molecule has 0 unspecified atom stereocenters. The Bertz CT molecular complexity index is 128. The molecule has 9 heteroatoms. The van der Waals surface area contributed by atoms with Crippen LogP contribution in [0.4, 0.5) is 0 Å². The normalized spacial score (nSPS) is 10.3. The van der Waals surface area contributed by atoms with Gasteiger partial charge in [-0.3, -0.25) is 0 Å². The third-order valence-electron chi connectivity index (χ3n) is 2.41. The van der Waals surface area contributed by atoms with Gasteiger partial charge in [0.05, 0.1) is 0 Å². The number of hydrogen-bond donors (Lipinski definition) is 0. The highest BCUT2D eigenvalue weighted by atomic mass is 35.7. The number of nitrogens with zero attached hydrogens (tertiary/aromatic N) is 3. The fraction of sp³-hybridized carbons (Fsp3) is 1.00. The van der Waals surface area contributed by atoms with Gasteiger partial charge < -0.3 is 0 Å². The lowest BCUT2D eigenvalue weighted by Crippen LogP contribution is -2.11. The van der Waals surface area contributed by atoms with Crippen molar-refractivity contribution in [1.82, 2.24) is 12.9 Å². The van der Waals surface area contributed by atoms with Crippen molar-refractivity contribution >= 4 is 65.5 Å². The van der Waals surface area contributed by atoms with E-state index in [4.69, 9.17) is 32.0 Å². The molecule has 0 aliphatic rings. The molecule has 0 rings (SSSR count). The smallest absolute Gasteiger partial charge is 0.0307 e. The summed E-state index contributed by atoms with van der Waals surface area (Å²) in [6.45, 7) is 18.6. The largest absolute Gasteiger partial charge is 0.238 e. The standard InChI is InChI=1S/3C4H10ClNS/c3*1-3-6(4-2)7-5/h3*3-4H2,1-2H3. The van der Waals surface area contributed by atoms with Crippen molar-refractivity contribution in [3.05, 3.63) is 0 Å². The first-order valence-corrected chi connectivity index (χ1v) is 11.9. The highest BCUT2D eigenvalue weighted by Crippen LogP contribution is 2.12. The highest BCUT2D eigenvalue weighted by molar-refractivity contribution is 8.19. The van der Waals surface area contributed by atoms with Crippen LogP contribution in [0.1, 0.15) is 41.5 Å². The molecule has 0 aromatic heterocycles. The second-order valence-corrected chi connectivity index (χ2v) is 6.76. The molecule has 0 radical (unpaired) electrons. The molecule has 0 aliphatic heterocycles. The van der Waals surface area contributed by atoms with E-state index in [0.717, 1.165) is 39.3 Å². The minimum atomic E-state index is 1.02. The maximum Gasteiger partial charge on any atom is 0.0307 e. The van der Waals surface area contributed by atoms with Gasteiger partial charge in [0.2, 0.25) is 0 Å². The van der Waals surface area contributed by atoms with Crippen molar-refractivity contribution in [1.29, 1.82) is 0 Å². The van der Waals surface area contributed by atoms with E-state index >= 15 is 0 Å². The number of halogens is 3. The van der Waals surface area contributed by atoms with Crippen molar-refractivity contribution in [3.8, 4) is 0 Å². The van der Waals surface area contributed by atoms with Crippen molar-refractivity contribution in [2.75, 3.05) is 39.3 Å². The predicted octanol–water partition coefficient (Wildman–Crippen LogP) is 6.39. The summed E-state index contributed by atoms with van der Waals surface area (Å²) in [4.78, 5) is 0. The zero-order valence-electron chi connectivity index (χ0n) is 13.9. The monoisotopic (exact) mass is 417 g/mol. The van der Waals surface area contributed by atoms with E-state index in [2.05, 4.69) is 54.5 Å². The Labute approximate surface area is 158 Å². The van der Waals surface area contributed by atoms with Crippen LogP contribution < -0.4 is 0 Å². The van der Waals surface area contributed by atoms with Gasteiger partial charge in [0.25, 0.3) is 0 Å². The molecule has 3 nitrogen and oxygen atoms in total. The third kappa shape index (κ3) is 21.8. The van der Waals surface area contributed by atoms with Crippen LogP contribution in [0.2, 0.25) is 0 Å². The van der Waals surface area contributed by atoms with Gasteiger partial charge in [-0.15, -0.1) is 0 Å². The van der Waals surface area contributed by atoms with Gasteiger partial charge in [0, 0.05) is 72.8 Å². The second kappa shape index (κ2) is 24.1. The van der Waals surface area contributed by atoms with Gasteiger partial charge in [-0.05, 0) is 32.0 Å². The maximum absolute atomic E-state index is 5.41. The molecule has 0 heterocycles. The molecular formula is C12H30Cl3N3S3. The van der Waals surface area contributed by atoms with Crippen LogP contribution in [-0.4, -0.2) is 52.2 Å². The summed E-state index contributed by atoms with van der Waals surface area (Å²) in [7, 11) is 16.2. The van der Waals surface area contributed by atoms with Crippen LogP contribution in [-0.2, 0) is 0 Å². The van der Waals surface area contributed by atoms with Crippen LogP contribution in [0.3, 0.4) is 0 Å². The molecular weight excluding hydrogens is 389 g/mol. The Morgan fingerprint density at radius 2 is 0.619 bits per heavy atom. The van der Waals surface area contributed by atoms with Crippen LogP contribution >= 0.6 is 65.5 Å². The van der Waals surface area contributed by atoms with Gasteiger partial charge in [-0.1, -0.05) is 41.5 Å². The molecule has 21 heavy (non-hydrogen) atoms. The van der Waals surface area contributed by atoms with Crippen molar-refractivity contribution in [2.45, 2.75) is 41.5 Å². The minimum absolute atomic E-state index is 1.02. The Hall–Kier alpha value is 1.80. The Kier molecular flexibility index (Phi) is 31.7. The van der Waals surface area contributed by atoms with Crippen LogP contribution in [0.25, 0.3) is 0 Å². The summed E-state index contributed by atoms with van der Waals surface area (Å²) in [6, 6.07) is 0. The van der Waals surface area contributed by atoms with Gasteiger partial charge in [-0.2, -0.15) is 0 Å². The minimum Gasteiger partial charge on any atom is -0.238 e. The number of hydrogen-bond acceptors (Lipinski definition) is 6. The fourth-order valence-electron chi connectivity index (χ4n) is 0.964. The average molecular weight is 419 g/mol. The van der Waals surface area contributed by atoms with Crippen LogP contribution in [0.5, 0.6) is 0 Å². The Balaban J connectivity index is -0.000000231. The van der Waals surface area contributed by atoms with Gasteiger partial charge in [0.15, 0.2) is 0 Å². The zero-order chi connectivity index (χ0) is 17.1. The van der Waals surface area contributed by atoms with E-state index in [9.17, 15) is 0 Å². The first-order valence-electron chi connectivity index (χ1n) is 7.15. The molecule has 132 valence electrons. The second-order valence-electron chi connectivity index (χ2n) is 3.55. The molecule has 0 N–H and O–H groups in total. The first-order chi connectivity index (χ1) is 10.0. The predicted molar refractivity (Wildman–Crippen MR) is 109 cm³/mol. The van der Waals surface area contributed by atoms with Crippen molar-refractivity contribution in [3.63, 3.8) is 0 Å². The maximum atomic E-state index is 5.41. The molecule has 0 atom stereocenters. The highest BCUT2D eigenvalue weighted by Gasteiger charge is 1.93. The topological polar surface area (TPSA) is 9.72 Å². The molecule has 0 bridgehead atoms. The van der Waals surface area contributed by atoms with E-state index in [0.29, 0.717) is 0 Å². The van der Waals surface area contributed by atoms with E-state index in [1.165, 1.54) is 33.5 Å². The summed E-state index contributed by atoms with van der Waals surface area (Å²) in [5, 5.41) is 0.